The summed E-state index contributed by atoms with van der Waals surface area (Å²) in [5.74, 6) is 0.991. The molecule has 2 unspecified atom stereocenters. The van der Waals surface area contributed by atoms with Crippen LogP contribution >= 0.6 is 24.0 Å². The summed E-state index contributed by atoms with van der Waals surface area (Å²) in [5, 5.41) is 3.55. The molecular formula is C22H33IN4O2. The molecule has 3 aliphatic rings. The van der Waals surface area contributed by atoms with Crippen LogP contribution in [0.25, 0.3) is 0 Å². The van der Waals surface area contributed by atoms with E-state index in [0.29, 0.717) is 6.04 Å². The van der Waals surface area contributed by atoms with E-state index in [1.54, 1.807) is 0 Å². The molecule has 160 valence electrons. The van der Waals surface area contributed by atoms with E-state index in [-0.39, 0.29) is 30.1 Å². The van der Waals surface area contributed by atoms with Crippen molar-refractivity contribution in [3.63, 3.8) is 0 Å². The highest BCUT2D eigenvalue weighted by molar-refractivity contribution is 14.0. The molecule has 0 amide bonds. The summed E-state index contributed by atoms with van der Waals surface area (Å²) in [4.78, 5) is 9.46. The molecule has 2 saturated heterocycles. The van der Waals surface area contributed by atoms with E-state index in [0.717, 1.165) is 71.3 Å². The zero-order valence-corrected chi connectivity index (χ0v) is 19.6. The molecule has 0 aromatic heterocycles. The number of benzene rings is 1. The van der Waals surface area contributed by atoms with E-state index in [1.165, 1.54) is 11.1 Å². The average Bonchev–Trinajstić information content (AvgIpc) is 3.18. The van der Waals surface area contributed by atoms with E-state index in [4.69, 9.17) is 9.47 Å². The van der Waals surface area contributed by atoms with Gasteiger partial charge >= 0.3 is 0 Å². The third kappa shape index (κ3) is 5.93. The molecule has 0 radical (unpaired) electrons. The van der Waals surface area contributed by atoms with Crippen LogP contribution in [0.5, 0.6) is 0 Å². The summed E-state index contributed by atoms with van der Waals surface area (Å²) in [6, 6.07) is 11.2. The number of likely N-dealkylation sites (tertiary alicyclic amines) is 1. The van der Waals surface area contributed by atoms with Crippen molar-refractivity contribution >= 4 is 29.9 Å². The summed E-state index contributed by atoms with van der Waals surface area (Å²) in [5.41, 5.74) is 2.86. The molecule has 0 spiro atoms. The molecule has 7 heteroatoms. The molecule has 1 aromatic carbocycles. The number of hydrogen-bond donors (Lipinski definition) is 1. The van der Waals surface area contributed by atoms with E-state index in [9.17, 15) is 0 Å². The van der Waals surface area contributed by atoms with Crippen molar-refractivity contribution in [3.8, 4) is 0 Å². The molecule has 3 aliphatic heterocycles. The Labute approximate surface area is 191 Å². The van der Waals surface area contributed by atoms with Crippen LogP contribution in [-0.2, 0) is 16.0 Å². The van der Waals surface area contributed by atoms with Crippen molar-refractivity contribution in [1.29, 1.82) is 0 Å². The minimum Gasteiger partial charge on any atom is -0.377 e. The van der Waals surface area contributed by atoms with Gasteiger partial charge in [0.25, 0.3) is 0 Å². The maximum atomic E-state index is 6.11. The molecule has 2 fully saturated rings. The molecule has 1 aromatic rings. The third-order valence-electron chi connectivity index (χ3n) is 5.94. The molecule has 1 N–H and O–H groups in total. The molecule has 0 saturated carbocycles. The lowest BCUT2D eigenvalue weighted by molar-refractivity contribution is -0.0502. The minimum absolute atomic E-state index is 0. The Morgan fingerprint density at radius 1 is 1.21 bits per heavy atom. The van der Waals surface area contributed by atoms with Crippen LogP contribution in [0.1, 0.15) is 18.4 Å². The fourth-order valence-corrected chi connectivity index (χ4v) is 4.41. The van der Waals surface area contributed by atoms with Gasteiger partial charge in [-0.25, -0.2) is 0 Å². The van der Waals surface area contributed by atoms with Crippen LogP contribution in [-0.4, -0.2) is 81.0 Å². The topological polar surface area (TPSA) is 49.3 Å². The molecule has 0 aliphatic carbocycles. The molecule has 3 heterocycles. The van der Waals surface area contributed by atoms with Crippen molar-refractivity contribution in [2.24, 2.45) is 4.99 Å². The second-order valence-electron chi connectivity index (χ2n) is 7.75. The predicted octanol–water partition coefficient (Wildman–Crippen LogP) is 2.50. The first-order valence-electron chi connectivity index (χ1n) is 10.4. The maximum Gasteiger partial charge on any atom is 0.193 e. The van der Waals surface area contributed by atoms with E-state index in [1.807, 2.05) is 7.05 Å². The maximum absolute atomic E-state index is 6.11. The van der Waals surface area contributed by atoms with Crippen molar-refractivity contribution in [2.45, 2.75) is 31.5 Å². The van der Waals surface area contributed by atoms with Crippen molar-refractivity contribution in [3.05, 3.63) is 47.5 Å². The number of fused-ring (bicyclic) bond motifs is 1. The Hall–Kier alpha value is -1.16. The monoisotopic (exact) mass is 512 g/mol. The average molecular weight is 512 g/mol. The number of morpholine rings is 1. The van der Waals surface area contributed by atoms with Gasteiger partial charge in [0, 0.05) is 39.8 Å². The van der Waals surface area contributed by atoms with Crippen LogP contribution in [0.2, 0.25) is 0 Å². The molecular weight excluding hydrogens is 479 g/mol. The van der Waals surface area contributed by atoms with Gasteiger partial charge in [-0.3, -0.25) is 9.89 Å². The predicted molar refractivity (Wildman–Crippen MR) is 127 cm³/mol. The van der Waals surface area contributed by atoms with Crippen LogP contribution in [0.15, 0.2) is 47.0 Å². The summed E-state index contributed by atoms with van der Waals surface area (Å²) in [6.45, 7) is 7.19. The number of rotatable bonds is 5. The Bertz CT molecular complexity index is 697. The number of nitrogens with zero attached hydrogens (tertiary/aromatic N) is 3. The summed E-state index contributed by atoms with van der Waals surface area (Å²) in [7, 11) is 1.88. The van der Waals surface area contributed by atoms with Gasteiger partial charge in [-0.1, -0.05) is 42.0 Å². The second-order valence-corrected chi connectivity index (χ2v) is 7.75. The van der Waals surface area contributed by atoms with Gasteiger partial charge in [-0.05, 0) is 18.4 Å². The van der Waals surface area contributed by atoms with Crippen molar-refractivity contribution in [1.82, 2.24) is 15.1 Å². The van der Waals surface area contributed by atoms with E-state index < -0.39 is 0 Å². The van der Waals surface area contributed by atoms with E-state index >= 15 is 0 Å². The number of aliphatic imine (C=N–C) groups is 1. The van der Waals surface area contributed by atoms with Gasteiger partial charge in [0.05, 0.1) is 32.0 Å². The van der Waals surface area contributed by atoms with Crippen LogP contribution < -0.4 is 5.32 Å². The first-order valence-corrected chi connectivity index (χ1v) is 10.4. The Morgan fingerprint density at radius 2 is 2.07 bits per heavy atom. The Kier molecular flexibility index (Phi) is 8.77. The highest BCUT2D eigenvalue weighted by Crippen LogP contribution is 2.24. The fourth-order valence-electron chi connectivity index (χ4n) is 4.41. The lowest BCUT2D eigenvalue weighted by Gasteiger charge is -2.36. The Morgan fingerprint density at radius 3 is 2.83 bits per heavy atom. The van der Waals surface area contributed by atoms with Gasteiger partial charge < -0.3 is 19.7 Å². The molecule has 6 nitrogen and oxygen atoms in total. The normalized spacial score (nSPS) is 25.2. The van der Waals surface area contributed by atoms with Crippen LogP contribution in [0.3, 0.4) is 0 Å². The molecule has 4 rings (SSSR count). The second kappa shape index (κ2) is 11.3. The van der Waals surface area contributed by atoms with Crippen molar-refractivity contribution < 1.29 is 9.47 Å². The third-order valence-corrected chi connectivity index (χ3v) is 5.94. The summed E-state index contributed by atoms with van der Waals surface area (Å²) in [6.07, 6.45) is 4.58. The van der Waals surface area contributed by atoms with Crippen LogP contribution in [0, 0.1) is 0 Å². The highest BCUT2D eigenvalue weighted by Gasteiger charge is 2.41. The first kappa shape index (κ1) is 22.5. The quantitative estimate of drug-likeness (QED) is 0.285. The van der Waals surface area contributed by atoms with Crippen LogP contribution in [0.4, 0.5) is 0 Å². The molecule has 0 bridgehead atoms. The molecule has 2 atom stereocenters. The Balaban J connectivity index is 0.00000240. The summed E-state index contributed by atoms with van der Waals surface area (Å²) < 4.78 is 11.5. The lowest BCUT2D eigenvalue weighted by atomic mass is 10.1. The molecule has 29 heavy (non-hydrogen) atoms. The zero-order valence-electron chi connectivity index (χ0n) is 17.3. The smallest absolute Gasteiger partial charge is 0.193 e. The van der Waals surface area contributed by atoms with E-state index in [2.05, 4.69) is 56.5 Å². The van der Waals surface area contributed by atoms with Gasteiger partial charge in [-0.15, -0.1) is 24.0 Å². The lowest BCUT2D eigenvalue weighted by Crippen LogP contribution is -2.50. The zero-order chi connectivity index (χ0) is 19.2. The largest absolute Gasteiger partial charge is 0.377 e. The van der Waals surface area contributed by atoms with Gasteiger partial charge in [0.1, 0.15) is 0 Å². The first-order chi connectivity index (χ1) is 13.8. The number of halogens is 1. The number of ether oxygens (including phenoxy) is 2. The number of nitrogens with one attached hydrogen (secondary N) is 1. The van der Waals surface area contributed by atoms with Crippen molar-refractivity contribution in [2.75, 3.05) is 53.0 Å². The number of hydrogen-bond acceptors (Lipinski definition) is 4. The fraction of sp³-hybridized carbons (Fsp3) is 0.591. The number of guanidine groups is 1. The summed E-state index contributed by atoms with van der Waals surface area (Å²) >= 11 is 0. The van der Waals surface area contributed by atoms with Gasteiger partial charge in [0.2, 0.25) is 0 Å². The SMILES string of the molecule is CN=C(NCCC1=CCOCC1)N1CC2OCCN(Cc3ccccc3)C2C1.I. The highest BCUT2D eigenvalue weighted by atomic mass is 127. The van der Waals surface area contributed by atoms with Gasteiger partial charge in [-0.2, -0.15) is 0 Å². The van der Waals surface area contributed by atoms with Gasteiger partial charge in [0.15, 0.2) is 5.96 Å². The standard InChI is InChI=1S/C22H32N4O2.HI/c1-23-22(24-10-7-18-8-12-27-13-9-18)26-16-20-21(17-26)28-14-11-25(20)15-19-5-3-2-4-6-19;/h2-6,8,20-21H,7,9-17H2,1H3,(H,23,24);1H. The minimum atomic E-state index is 0.